The Balaban J connectivity index is 2.27. The van der Waals surface area contributed by atoms with Crippen LogP contribution in [-0.2, 0) is 19.0 Å². The Labute approximate surface area is 209 Å². The van der Waals surface area contributed by atoms with E-state index >= 15 is 0 Å². The Bertz CT molecular complexity index is 895. The fourth-order valence-electron chi connectivity index (χ4n) is 3.15. The van der Waals surface area contributed by atoms with Crippen LogP contribution in [0.2, 0.25) is 0 Å². The van der Waals surface area contributed by atoms with Crippen molar-refractivity contribution in [2.45, 2.75) is 30.4 Å². The van der Waals surface area contributed by atoms with Crippen molar-refractivity contribution in [2.75, 3.05) is 43.8 Å². The van der Waals surface area contributed by atoms with Crippen molar-refractivity contribution in [3.8, 4) is 5.75 Å². The van der Waals surface area contributed by atoms with Crippen molar-refractivity contribution in [3.05, 3.63) is 54.1 Å². The number of ether oxygens (including phenoxy) is 4. The summed E-state index contributed by atoms with van der Waals surface area (Å²) in [5, 5.41) is 11.9. The number of hydrogen-bond donors (Lipinski definition) is 3. The molecular formula is C24H31NO7S2. The number of para-hydroxylation sites is 1. The minimum absolute atomic E-state index is 0.0329. The van der Waals surface area contributed by atoms with Gasteiger partial charge >= 0.3 is 12.1 Å². The number of hydrogen-bond acceptors (Lipinski definition) is 9. The molecule has 2 N–H and O–H groups in total. The van der Waals surface area contributed by atoms with Gasteiger partial charge in [-0.05, 0) is 43.5 Å². The number of benzene rings is 2. The molecule has 0 aromatic heterocycles. The summed E-state index contributed by atoms with van der Waals surface area (Å²) in [6, 6.07) is 14.4. The molecule has 0 spiro atoms. The van der Waals surface area contributed by atoms with Gasteiger partial charge in [0.15, 0.2) is 6.10 Å². The molecule has 0 aliphatic rings. The van der Waals surface area contributed by atoms with Crippen LogP contribution in [0.25, 0.3) is 0 Å². The molecule has 0 heterocycles. The van der Waals surface area contributed by atoms with Crippen LogP contribution in [0.5, 0.6) is 5.75 Å². The topological polar surface area (TPSA) is 103 Å². The van der Waals surface area contributed by atoms with Gasteiger partial charge in [-0.15, -0.1) is 11.8 Å². The van der Waals surface area contributed by atoms with Crippen LogP contribution in [0.1, 0.15) is 25.0 Å². The van der Waals surface area contributed by atoms with Crippen LogP contribution < -0.4 is 10.1 Å². The first-order valence-corrected chi connectivity index (χ1v) is 12.7. The van der Waals surface area contributed by atoms with Gasteiger partial charge in [0.1, 0.15) is 18.5 Å². The van der Waals surface area contributed by atoms with E-state index in [1.807, 2.05) is 25.3 Å². The first-order valence-electron chi connectivity index (χ1n) is 10.8. The van der Waals surface area contributed by atoms with Crippen molar-refractivity contribution in [1.82, 2.24) is 0 Å². The average molecular weight is 510 g/mol. The fraction of sp³-hybridized carbons (Fsp3) is 0.417. The molecule has 0 aliphatic carbocycles. The number of nitrogens with one attached hydrogen (secondary N) is 1. The van der Waals surface area contributed by atoms with E-state index in [2.05, 4.69) is 17.9 Å². The highest BCUT2D eigenvalue weighted by Crippen LogP contribution is 2.33. The molecule has 1 amide bonds. The second kappa shape index (κ2) is 15.5. The number of aliphatic hydroxyl groups is 1. The Kier molecular flexibility index (Phi) is 12.7. The summed E-state index contributed by atoms with van der Waals surface area (Å²) in [6.45, 7) is 2.16. The molecule has 34 heavy (non-hydrogen) atoms. The number of thiol groups is 1. The first kappa shape index (κ1) is 27.8. The van der Waals surface area contributed by atoms with E-state index in [9.17, 15) is 14.7 Å². The number of rotatable bonds is 14. The lowest BCUT2D eigenvalue weighted by molar-refractivity contribution is -0.142. The third-order valence-corrected chi connectivity index (χ3v) is 5.66. The molecule has 0 saturated heterocycles. The maximum absolute atomic E-state index is 12.8. The quantitative estimate of drug-likeness (QED) is 0.196. The van der Waals surface area contributed by atoms with Gasteiger partial charge in [0, 0.05) is 29.2 Å². The highest BCUT2D eigenvalue weighted by atomic mass is 32.2. The zero-order valence-corrected chi connectivity index (χ0v) is 21.0. The minimum atomic E-state index is -0.866. The normalized spacial score (nSPS) is 12.5. The molecule has 0 bridgehead atoms. The van der Waals surface area contributed by atoms with E-state index < -0.39 is 24.3 Å². The standard InChI is InChI=1S/C24H31NO7S2/c1-3-29-21(12-14-31-22(27)16-33)23(19-6-4-5-7-20(19)30-15-13-26)32-24(28)25-17-8-10-18(34-2)11-9-17/h4-11,21,23,26,33H,3,12-16H2,1-2H3,(H,25,28)/t21-,23-/m0/s1. The van der Waals surface area contributed by atoms with Gasteiger partial charge in [-0.1, -0.05) is 18.2 Å². The minimum Gasteiger partial charge on any atom is -0.491 e. The lowest BCUT2D eigenvalue weighted by Gasteiger charge is -2.28. The maximum atomic E-state index is 12.8. The molecule has 8 nitrogen and oxygen atoms in total. The molecule has 0 fully saturated rings. The number of thioether (sulfide) groups is 1. The zero-order chi connectivity index (χ0) is 24.8. The molecular weight excluding hydrogens is 478 g/mol. The third-order valence-electron chi connectivity index (χ3n) is 4.66. The van der Waals surface area contributed by atoms with Crippen LogP contribution in [0.15, 0.2) is 53.4 Å². The number of esters is 1. The summed E-state index contributed by atoms with van der Waals surface area (Å²) in [4.78, 5) is 25.4. The summed E-state index contributed by atoms with van der Waals surface area (Å²) >= 11 is 5.51. The largest absolute Gasteiger partial charge is 0.491 e. The summed E-state index contributed by atoms with van der Waals surface area (Å²) in [5.74, 6) is -0.0284. The predicted octanol–water partition coefficient (Wildman–Crippen LogP) is 4.34. The van der Waals surface area contributed by atoms with Crippen molar-refractivity contribution < 1.29 is 33.6 Å². The highest BCUT2D eigenvalue weighted by Gasteiger charge is 2.30. The van der Waals surface area contributed by atoms with Crippen LogP contribution in [0, 0.1) is 0 Å². The maximum Gasteiger partial charge on any atom is 0.412 e. The predicted molar refractivity (Wildman–Crippen MR) is 135 cm³/mol. The second-order valence-electron chi connectivity index (χ2n) is 6.95. The number of aliphatic hydroxyl groups excluding tert-OH is 1. The zero-order valence-electron chi connectivity index (χ0n) is 19.3. The molecule has 0 saturated carbocycles. The molecule has 0 aliphatic heterocycles. The van der Waals surface area contributed by atoms with Gasteiger partial charge in [0.25, 0.3) is 0 Å². The van der Waals surface area contributed by atoms with Crippen LogP contribution in [-0.4, -0.2) is 61.7 Å². The van der Waals surface area contributed by atoms with Crippen molar-refractivity contribution in [1.29, 1.82) is 0 Å². The summed E-state index contributed by atoms with van der Waals surface area (Å²) in [6.07, 6.45) is 0.0910. The summed E-state index contributed by atoms with van der Waals surface area (Å²) < 4.78 is 22.5. The second-order valence-corrected chi connectivity index (χ2v) is 8.15. The van der Waals surface area contributed by atoms with E-state index in [4.69, 9.17) is 18.9 Å². The Morgan fingerprint density at radius 3 is 2.50 bits per heavy atom. The number of carbonyl (C=O) groups excluding carboxylic acids is 2. The van der Waals surface area contributed by atoms with Gasteiger partial charge < -0.3 is 24.1 Å². The SMILES string of the molecule is CCO[C@@H](CCOC(=O)CS)[C@@H](OC(=O)Nc1ccc(SC)cc1)c1ccccc1OCCO. The van der Waals surface area contributed by atoms with Crippen LogP contribution in [0.3, 0.4) is 0 Å². The van der Waals surface area contributed by atoms with Crippen LogP contribution in [0.4, 0.5) is 10.5 Å². The average Bonchev–Trinajstić information content (AvgIpc) is 2.86. The lowest BCUT2D eigenvalue weighted by atomic mass is 10.0. The van der Waals surface area contributed by atoms with E-state index in [-0.39, 0.29) is 32.0 Å². The summed E-state index contributed by atoms with van der Waals surface area (Å²) in [5.41, 5.74) is 1.16. The molecule has 10 heteroatoms. The smallest absolute Gasteiger partial charge is 0.412 e. The van der Waals surface area contributed by atoms with Gasteiger partial charge in [0.2, 0.25) is 0 Å². The van der Waals surface area contributed by atoms with Gasteiger partial charge in [-0.25, -0.2) is 4.79 Å². The Morgan fingerprint density at radius 1 is 1.12 bits per heavy atom. The molecule has 2 aromatic carbocycles. The van der Waals surface area contributed by atoms with Gasteiger partial charge in [-0.2, -0.15) is 12.6 Å². The Morgan fingerprint density at radius 2 is 1.85 bits per heavy atom. The number of amides is 1. The van der Waals surface area contributed by atoms with E-state index in [0.29, 0.717) is 23.6 Å². The third kappa shape index (κ3) is 9.09. The monoisotopic (exact) mass is 509 g/mol. The summed E-state index contributed by atoms with van der Waals surface area (Å²) in [7, 11) is 0. The van der Waals surface area contributed by atoms with Gasteiger partial charge in [-0.3, -0.25) is 10.1 Å². The number of carbonyl (C=O) groups is 2. The first-order chi connectivity index (χ1) is 16.5. The van der Waals surface area contributed by atoms with Crippen LogP contribution >= 0.6 is 24.4 Å². The number of anilines is 1. The lowest BCUT2D eigenvalue weighted by Crippen LogP contribution is -2.30. The molecule has 2 aromatic rings. The fourth-order valence-corrected chi connectivity index (χ4v) is 3.65. The Hall–Kier alpha value is -2.40. The van der Waals surface area contributed by atoms with Crippen molar-refractivity contribution in [3.63, 3.8) is 0 Å². The molecule has 186 valence electrons. The van der Waals surface area contributed by atoms with Crippen molar-refractivity contribution >= 4 is 42.1 Å². The van der Waals surface area contributed by atoms with E-state index in [1.54, 1.807) is 48.2 Å². The molecule has 0 unspecified atom stereocenters. The van der Waals surface area contributed by atoms with E-state index in [0.717, 1.165) is 4.90 Å². The highest BCUT2D eigenvalue weighted by molar-refractivity contribution is 7.98. The van der Waals surface area contributed by atoms with Crippen molar-refractivity contribution in [2.24, 2.45) is 0 Å². The molecule has 0 radical (unpaired) electrons. The van der Waals surface area contributed by atoms with Gasteiger partial charge in [0.05, 0.1) is 19.0 Å². The molecule has 2 rings (SSSR count). The van der Waals surface area contributed by atoms with E-state index in [1.165, 1.54) is 0 Å². The molecule has 2 atom stereocenters.